The highest BCUT2D eigenvalue weighted by molar-refractivity contribution is 8.01. The van der Waals surface area contributed by atoms with Crippen LogP contribution in [0.1, 0.15) is 12.5 Å². The van der Waals surface area contributed by atoms with E-state index in [-0.39, 0.29) is 11.5 Å². The van der Waals surface area contributed by atoms with Crippen LogP contribution in [-0.4, -0.2) is 29.1 Å². The predicted molar refractivity (Wildman–Crippen MR) is 57.2 cm³/mol. The van der Waals surface area contributed by atoms with Crippen molar-refractivity contribution in [1.29, 1.82) is 0 Å². The van der Waals surface area contributed by atoms with E-state index in [0.29, 0.717) is 6.54 Å². The maximum Gasteiger partial charge on any atom is 0.351 e. The lowest BCUT2D eigenvalue weighted by Crippen LogP contribution is -2.22. The van der Waals surface area contributed by atoms with Crippen molar-refractivity contribution in [3.8, 4) is 0 Å². The van der Waals surface area contributed by atoms with Crippen molar-refractivity contribution < 1.29 is 17.5 Å². The van der Waals surface area contributed by atoms with Gasteiger partial charge in [0.05, 0.1) is 6.42 Å². The summed E-state index contributed by atoms with van der Waals surface area (Å²) in [5, 5.41) is 0.0752. The molecular formula is C10H12NO3S+. The van der Waals surface area contributed by atoms with Crippen LogP contribution in [0.4, 0.5) is 5.69 Å². The summed E-state index contributed by atoms with van der Waals surface area (Å²) in [6.45, 7) is 2.39. The quantitative estimate of drug-likeness (QED) is 0.578. The summed E-state index contributed by atoms with van der Waals surface area (Å²) >= 11 is 0. The molecule has 0 aliphatic carbocycles. The zero-order chi connectivity index (χ0) is 11.1. The van der Waals surface area contributed by atoms with Crippen LogP contribution in [-0.2, 0) is 16.5 Å². The fourth-order valence-electron chi connectivity index (χ4n) is 1.89. The van der Waals surface area contributed by atoms with Crippen LogP contribution in [0.25, 0.3) is 0 Å². The largest absolute Gasteiger partial charge is 0.351 e. The number of fused-ring (bicyclic) bond motifs is 1. The van der Waals surface area contributed by atoms with Gasteiger partial charge in [-0.15, -0.1) is 0 Å². The average Bonchev–Trinajstić information content (AvgIpc) is 2.55. The normalized spacial score (nSPS) is 15.6. The number of nitrogens with zero attached hydrogens (tertiary/aromatic N) is 1. The first-order valence-corrected chi connectivity index (χ1v) is 6.17. The second-order valence-electron chi connectivity index (χ2n) is 3.42. The summed E-state index contributed by atoms with van der Waals surface area (Å²) in [4.78, 5) is 0. The van der Waals surface area contributed by atoms with Gasteiger partial charge < -0.3 is 0 Å². The van der Waals surface area contributed by atoms with E-state index in [1.807, 2.05) is 31.2 Å². The molecule has 0 atom stereocenters. The van der Waals surface area contributed by atoms with Crippen LogP contribution < -0.4 is 0 Å². The van der Waals surface area contributed by atoms with Crippen molar-refractivity contribution in [3.63, 3.8) is 0 Å². The minimum absolute atomic E-state index is 0.0752. The molecule has 0 unspecified atom stereocenters. The Hall–Kier alpha value is -1.20. The van der Waals surface area contributed by atoms with E-state index >= 15 is 0 Å². The van der Waals surface area contributed by atoms with Gasteiger partial charge in [0.2, 0.25) is 5.69 Å². The summed E-state index contributed by atoms with van der Waals surface area (Å²) in [5.74, 6) is 0. The molecule has 0 bridgehead atoms. The van der Waals surface area contributed by atoms with Gasteiger partial charge in [0.25, 0.3) is 0 Å². The lowest BCUT2D eigenvalue weighted by Gasteiger charge is -1.97. The molecule has 1 aliphatic heterocycles. The third-order valence-corrected chi connectivity index (χ3v) is 3.50. The number of hydrogen-bond acceptors (Lipinski definition) is 2. The van der Waals surface area contributed by atoms with Gasteiger partial charge in [-0.1, -0.05) is 18.2 Å². The molecule has 0 spiro atoms. The number of para-hydroxylation sites is 1. The van der Waals surface area contributed by atoms with Gasteiger partial charge in [0, 0.05) is 11.6 Å². The Morgan fingerprint density at radius 2 is 2.07 bits per heavy atom. The molecule has 1 N–H and O–H groups in total. The minimum Gasteiger partial charge on any atom is -0.278 e. The fourth-order valence-corrected chi connectivity index (χ4v) is 2.74. The molecule has 0 saturated heterocycles. The number of benzene rings is 1. The fraction of sp³-hybridized carbons (Fsp3) is 0.300. The average molecular weight is 226 g/mol. The molecule has 0 amide bonds. The van der Waals surface area contributed by atoms with Crippen LogP contribution in [0.15, 0.2) is 24.3 Å². The molecule has 80 valence electrons. The van der Waals surface area contributed by atoms with E-state index in [0.717, 1.165) is 11.3 Å². The standard InChI is InChI=1S/C10H11NO3S/c1-2-11-9-6-4-3-5-8(9)7-10(11)15(12,13)14/h3-6H,2,7H2,1H3/p+1. The van der Waals surface area contributed by atoms with Gasteiger partial charge in [-0.3, -0.25) is 4.55 Å². The molecule has 0 radical (unpaired) electrons. The van der Waals surface area contributed by atoms with Crippen LogP contribution in [0.3, 0.4) is 0 Å². The summed E-state index contributed by atoms with van der Waals surface area (Å²) in [5.41, 5.74) is 1.81. The SMILES string of the molecule is CC[N+]1=C(S(=O)(=O)O)Cc2ccccc21. The molecule has 1 aliphatic rings. The van der Waals surface area contributed by atoms with E-state index in [1.54, 1.807) is 4.58 Å². The maximum atomic E-state index is 11.1. The van der Waals surface area contributed by atoms with Gasteiger partial charge in [-0.25, -0.2) is 0 Å². The van der Waals surface area contributed by atoms with Gasteiger partial charge in [-0.05, 0) is 6.92 Å². The molecule has 1 aromatic carbocycles. The predicted octanol–water partition coefficient (Wildman–Crippen LogP) is 1.19. The highest BCUT2D eigenvalue weighted by atomic mass is 32.2. The number of rotatable bonds is 1. The summed E-state index contributed by atoms with van der Waals surface area (Å²) in [7, 11) is -4.09. The Labute approximate surface area is 88.6 Å². The smallest absolute Gasteiger partial charge is 0.278 e. The zero-order valence-electron chi connectivity index (χ0n) is 8.34. The summed E-state index contributed by atoms with van der Waals surface area (Å²) < 4.78 is 33.0. The van der Waals surface area contributed by atoms with Crippen LogP contribution in [0.5, 0.6) is 0 Å². The van der Waals surface area contributed by atoms with Crippen LogP contribution in [0, 0.1) is 0 Å². The number of hydrogen-bond donors (Lipinski definition) is 1. The molecule has 0 fully saturated rings. The Bertz CT molecular complexity index is 531. The van der Waals surface area contributed by atoms with Crippen LogP contribution in [0.2, 0.25) is 0 Å². The first-order chi connectivity index (χ1) is 7.04. The highest BCUT2D eigenvalue weighted by Crippen LogP contribution is 2.26. The monoisotopic (exact) mass is 226 g/mol. The molecule has 1 aromatic rings. The van der Waals surface area contributed by atoms with Crippen molar-refractivity contribution in [2.24, 2.45) is 0 Å². The van der Waals surface area contributed by atoms with Gasteiger partial charge in [-0.2, -0.15) is 13.0 Å². The lowest BCUT2D eigenvalue weighted by atomic mass is 10.2. The van der Waals surface area contributed by atoms with Crippen molar-refractivity contribution in [2.45, 2.75) is 13.3 Å². The molecule has 4 nitrogen and oxygen atoms in total. The van der Waals surface area contributed by atoms with Crippen LogP contribution >= 0.6 is 0 Å². The molecular weight excluding hydrogens is 214 g/mol. The second-order valence-corrected chi connectivity index (χ2v) is 4.84. The first-order valence-electron chi connectivity index (χ1n) is 4.73. The van der Waals surface area contributed by atoms with E-state index in [2.05, 4.69) is 0 Å². The molecule has 5 heteroatoms. The molecule has 2 rings (SSSR count). The zero-order valence-corrected chi connectivity index (χ0v) is 9.16. The van der Waals surface area contributed by atoms with Gasteiger partial charge >= 0.3 is 15.2 Å². The van der Waals surface area contributed by atoms with Crippen molar-refractivity contribution in [1.82, 2.24) is 0 Å². The van der Waals surface area contributed by atoms with E-state index in [1.165, 1.54) is 0 Å². The van der Waals surface area contributed by atoms with Gasteiger partial charge in [0.1, 0.15) is 6.54 Å². The summed E-state index contributed by atoms with van der Waals surface area (Å²) in [6, 6.07) is 7.45. The van der Waals surface area contributed by atoms with Gasteiger partial charge in [0.15, 0.2) is 0 Å². The first kappa shape index (κ1) is 10.3. The molecule has 0 aromatic heterocycles. The Morgan fingerprint density at radius 1 is 1.40 bits per heavy atom. The molecule has 15 heavy (non-hydrogen) atoms. The third-order valence-electron chi connectivity index (χ3n) is 2.54. The highest BCUT2D eigenvalue weighted by Gasteiger charge is 2.36. The Kier molecular flexibility index (Phi) is 2.36. The third kappa shape index (κ3) is 1.68. The summed E-state index contributed by atoms with van der Waals surface area (Å²) in [6.07, 6.45) is 0.281. The molecule has 0 saturated carbocycles. The van der Waals surface area contributed by atoms with E-state index in [4.69, 9.17) is 4.55 Å². The minimum atomic E-state index is -4.09. The molecule has 1 heterocycles. The Morgan fingerprint density at radius 3 is 2.67 bits per heavy atom. The van der Waals surface area contributed by atoms with E-state index in [9.17, 15) is 8.42 Å². The lowest BCUT2D eigenvalue weighted by molar-refractivity contribution is -0.430. The van der Waals surface area contributed by atoms with Crippen molar-refractivity contribution in [3.05, 3.63) is 29.8 Å². The topological polar surface area (TPSA) is 57.4 Å². The van der Waals surface area contributed by atoms with E-state index < -0.39 is 10.1 Å². The maximum absolute atomic E-state index is 11.1. The van der Waals surface area contributed by atoms with Crippen molar-refractivity contribution in [2.75, 3.05) is 6.54 Å². The van der Waals surface area contributed by atoms with Crippen molar-refractivity contribution >= 4 is 20.8 Å². The second kappa shape index (κ2) is 3.43. The Balaban J connectivity index is 2.63.